The molecule has 0 N–H and O–H groups in total. The fraction of sp³-hybridized carbons (Fsp3) is 0.500. The first-order valence-electron chi connectivity index (χ1n) is 6.12. The summed E-state index contributed by atoms with van der Waals surface area (Å²) in [5.41, 5.74) is 1.00. The van der Waals surface area contributed by atoms with Gasteiger partial charge in [-0.25, -0.2) is 0 Å². The van der Waals surface area contributed by atoms with Gasteiger partial charge in [-0.3, -0.25) is 4.79 Å². The van der Waals surface area contributed by atoms with Crippen LogP contribution in [-0.2, 0) is 11.3 Å². The Morgan fingerprint density at radius 1 is 1.29 bits per heavy atom. The summed E-state index contributed by atoms with van der Waals surface area (Å²) in [5.74, 6) is 0.193. The second-order valence-electron chi connectivity index (χ2n) is 4.30. The molecule has 0 atom stereocenters. The van der Waals surface area contributed by atoms with Gasteiger partial charge in [0.15, 0.2) is 0 Å². The summed E-state index contributed by atoms with van der Waals surface area (Å²) >= 11 is 6.06. The zero-order chi connectivity index (χ0) is 12.7. The summed E-state index contributed by atoms with van der Waals surface area (Å²) < 4.78 is 0. The Hall–Kier alpha value is -1.02. The highest BCUT2D eigenvalue weighted by Gasteiger charge is 2.10. The summed E-state index contributed by atoms with van der Waals surface area (Å²) in [6.07, 6.45) is 3.87. The van der Waals surface area contributed by atoms with Crippen LogP contribution in [0.5, 0.6) is 0 Å². The molecule has 0 bridgehead atoms. The molecule has 0 aliphatic heterocycles. The van der Waals surface area contributed by atoms with Crippen LogP contribution in [0.25, 0.3) is 0 Å². The van der Waals surface area contributed by atoms with Gasteiger partial charge < -0.3 is 4.90 Å². The van der Waals surface area contributed by atoms with Crippen LogP contribution in [0.4, 0.5) is 0 Å². The van der Waals surface area contributed by atoms with Crippen molar-refractivity contribution in [1.29, 1.82) is 0 Å². The summed E-state index contributed by atoms with van der Waals surface area (Å²) in [4.78, 5) is 13.6. The third-order valence-corrected chi connectivity index (χ3v) is 3.15. The molecule has 1 aromatic carbocycles. The molecule has 0 heterocycles. The lowest BCUT2D eigenvalue weighted by Gasteiger charge is -2.17. The highest BCUT2D eigenvalue weighted by molar-refractivity contribution is 6.31. The first kappa shape index (κ1) is 14.0. The number of halogens is 1. The molecule has 0 aliphatic carbocycles. The van der Waals surface area contributed by atoms with Gasteiger partial charge in [0.25, 0.3) is 0 Å². The maximum Gasteiger partial charge on any atom is 0.222 e. The molecule has 1 aromatic rings. The van der Waals surface area contributed by atoms with Crippen LogP contribution in [0, 0.1) is 0 Å². The van der Waals surface area contributed by atoms with Gasteiger partial charge in [-0.2, -0.15) is 0 Å². The number of benzene rings is 1. The smallest absolute Gasteiger partial charge is 0.222 e. The number of rotatable bonds is 6. The van der Waals surface area contributed by atoms with E-state index >= 15 is 0 Å². The lowest BCUT2D eigenvalue weighted by molar-refractivity contribution is -0.130. The minimum atomic E-state index is 0.193. The molecule has 0 saturated heterocycles. The van der Waals surface area contributed by atoms with Crippen molar-refractivity contribution in [1.82, 2.24) is 4.90 Å². The van der Waals surface area contributed by atoms with Gasteiger partial charge in [0.05, 0.1) is 0 Å². The van der Waals surface area contributed by atoms with E-state index in [0.717, 1.165) is 29.8 Å². The number of carbonyl (C=O) groups excluding carboxylic acids is 1. The van der Waals surface area contributed by atoms with Gasteiger partial charge in [-0.1, -0.05) is 49.6 Å². The van der Waals surface area contributed by atoms with Gasteiger partial charge in [-0.15, -0.1) is 0 Å². The van der Waals surface area contributed by atoms with Crippen molar-refractivity contribution in [2.75, 3.05) is 7.05 Å². The Morgan fingerprint density at radius 2 is 2.00 bits per heavy atom. The van der Waals surface area contributed by atoms with Crippen LogP contribution in [0.15, 0.2) is 24.3 Å². The van der Waals surface area contributed by atoms with E-state index in [9.17, 15) is 4.79 Å². The quantitative estimate of drug-likeness (QED) is 0.705. The highest BCUT2D eigenvalue weighted by atomic mass is 35.5. The van der Waals surface area contributed by atoms with Crippen molar-refractivity contribution in [2.24, 2.45) is 0 Å². The lowest BCUT2D eigenvalue weighted by atomic mass is 10.1. The fourth-order valence-corrected chi connectivity index (χ4v) is 1.88. The van der Waals surface area contributed by atoms with Crippen molar-refractivity contribution in [3.63, 3.8) is 0 Å². The maximum absolute atomic E-state index is 11.8. The van der Waals surface area contributed by atoms with E-state index in [4.69, 9.17) is 11.6 Å². The largest absolute Gasteiger partial charge is 0.341 e. The van der Waals surface area contributed by atoms with Gasteiger partial charge >= 0.3 is 0 Å². The minimum Gasteiger partial charge on any atom is -0.341 e. The number of amides is 1. The molecule has 1 amide bonds. The number of unbranched alkanes of at least 4 members (excludes halogenated alkanes) is 2. The van der Waals surface area contributed by atoms with Crippen molar-refractivity contribution in [2.45, 2.75) is 39.2 Å². The SMILES string of the molecule is CCCCCC(=O)N(C)Cc1ccccc1Cl. The molecule has 94 valence electrons. The Morgan fingerprint density at radius 3 is 2.65 bits per heavy atom. The second-order valence-corrected chi connectivity index (χ2v) is 4.71. The Bertz CT molecular complexity index is 365. The highest BCUT2D eigenvalue weighted by Crippen LogP contribution is 2.17. The summed E-state index contributed by atoms with van der Waals surface area (Å²) in [7, 11) is 1.83. The molecule has 0 fully saturated rings. The number of carbonyl (C=O) groups is 1. The molecule has 0 saturated carbocycles. The van der Waals surface area contributed by atoms with Gasteiger partial charge in [0.2, 0.25) is 5.91 Å². The lowest BCUT2D eigenvalue weighted by Crippen LogP contribution is -2.25. The second kappa shape index (κ2) is 7.33. The van der Waals surface area contributed by atoms with E-state index in [1.807, 2.05) is 31.3 Å². The first-order valence-corrected chi connectivity index (χ1v) is 6.50. The summed E-state index contributed by atoms with van der Waals surface area (Å²) in [6.45, 7) is 2.72. The van der Waals surface area contributed by atoms with E-state index < -0.39 is 0 Å². The minimum absolute atomic E-state index is 0.193. The van der Waals surface area contributed by atoms with Crippen LogP contribution in [0.2, 0.25) is 5.02 Å². The van der Waals surface area contributed by atoms with E-state index in [0.29, 0.717) is 13.0 Å². The molecular weight excluding hydrogens is 234 g/mol. The monoisotopic (exact) mass is 253 g/mol. The first-order chi connectivity index (χ1) is 8.15. The van der Waals surface area contributed by atoms with Crippen LogP contribution in [0.3, 0.4) is 0 Å². The van der Waals surface area contributed by atoms with Crippen LogP contribution in [0.1, 0.15) is 38.2 Å². The maximum atomic E-state index is 11.8. The van der Waals surface area contributed by atoms with Crippen molar-refractivity contribution in [3.8, 4) is 0 Å². The zero-order valence-corrected chi connectivity index (χ0v) is 11.3. The molecule has 0 spiro atoms. The van der Waals surface area contributed by atoms with Crippen molar-refractivity contribution < 1.29 is 4.79 Å². The van der Waals surface area contributed by atoms with Gasteiger partial charge in [-0.05, 0) is 18.1 Å². The predicted molar refractivity (Wildman–Crippen MR) is 72.1 cm³/mol. The predicted octanol–water partition coefficient (Wildman–Crippen LogP) is 3.88. The standard InChI is InChI=1S/C14H20ClNO/c1-3-4-5-10-14(17)16(2)11-12-8-6-7-9-13(12)15/h6-9H,3-5,10-11H2,1-2H3. The van der Waals surface area contributed by atoms with Gasteiger partial charge in [0, 0.05) is 25.0 Å². The molecule has 0 radical (unpaired) electrons. The van der Waals surface area contributed by atoms with Crippen molar-refractivity contribution >= 4 is 17.5 Å². The molecule has 1 rings (SSSR count). The number of nitrogens with zero attached hydrogens (tertiary/aromatic N) is 1. The van der Waals surface area contributed by atoms with Gasteiger partial charge in [0.1, 0.15) is 0 Å². The number of hydrogen-bond donors (Lipinski definition) is 0. The Labute approximate surface area is 109 Å². The normalized spacial score (nSPS) is 10.3. The van der Waals surface area contributed by atoms with E-state index in [1.54, 1.807) is 4.90 Å². The van der Waals surface area contributed by atoms with Crippen molar-refractivity contribution in [3.05, 3.63) is 34.9 Å². The molecule has 3 heteroatoms. The fourth-order valence-electron chi connectivity index (χ4n) is 1.69. The topological polar surface area (TPSA) is 20.3 Å². The Kier molecular flexibility index (Phi) is 6.06. The Balaban J connectivity index is 2.46. The summed E-state index contributed by atoms with van der Waals surface area (Å²) in [6, 6.07) is 7.65. The average molecular weight is 254 g/mol. The molecule has 0 aliphatic rings. The van der Waals surface area contributed by atoms with Crippen LogP contribution >= 0.6 is 11.6 Å². The van der Waals surface area contributed by atoms with E-state index in [2.05, 4.69) is 6.92 Å². The van der Waals surface area contributed by atoms with E-state index in [-0.39, 0.29) is 5.91 Å². The molecular formula is C14H20ClNO. The number of hydrogen-bond acceptors (Lipinski definition) is 1. The molecule has 17 heavy (non-hydrogen) atoms. The van der Waals surface area contributed by atoms with Crippen LogP contribution in [-0.4, -0.2) is 17.9 Å². The zero-order valence-electron chi connectivity index (χ0n) is 10.6. The summed E-state index contributed by atoms with van der Waals surface area (Å²) in [5, 5.41) is 0.723. The molecule has 0 aromatic heterocycles. The third-order valence-electron chi connectivity index (χ3n) is 2.79. The van der Waals surface area contributed by atoms with Crippen LogP contribution < -0.4 is 0 Å². The third kappa shape index (κ3) is 4.78. The molecule has 0 unspecified atom stereocenters. The average Bonchev–Trinajstić information content (AvgIpc) is 2.32. The van der Waals surface area contributed by atoms with E-state index in [1.165, 1.54) is 0 Å². The molecule has 2 nitrogen and oxygen atoms in total.